The van der Waals surface area contributed by atoms with Gasteiger partial charge < -0.3 is 15.2 Å². The molecule has 1 heterocycles. The van der Waals surface area contributed by atoms with E-state index in [-0.39, 0.29) is 12.0 Å². The summed E-state index contributed by atoms with van der Waals surface area (Å²) in [7, 11) is 0. The molecule has 18 heavy (non-hydrogen) atoms. The maximum Gasteiger partial charge on any atom is 0.308 e. The molecule has 3 atom stereocenters. The predicted molar refractivity (Wildman–Crippen MR) is 68.3 cm³/mol. The molecule has 0 bridgehead atoms. The highest BCUT2D eigenvalue weighted by molar-refractivity contribution is 5.69. The third-order valence-electron chi connectivity index (χ3n) is 3.25. The molecule has 2 rings (SSSR count). The van der Waals surface area contributed by atoms with Gasteiger partial charge in [-0.25, -0.2) is 0 Å². The second-order valence-corrected chi connectivity index (χ2v) is 4.86. The molecule has 0 radical (unpaired) electrons. The molecule has 0 spiro atoms. The monoisotopic (exact) mass is 249 g/mol. The molecule has 1 fully saturated rings. The quantitative estimate of drug-likeness (QED) is 0.633. The first-order valence-electron chi connectivity index (χ1n) is 6.29. The molecule has 2 N–H and O–H groups in total. The first-order chi connectivity index (χ1) is 8.56. The highest BCUT2D eigenvalue weighted by atomic mass is 16.5. The first-order valence-corrected chi connectivity index (χ1v) is 6.29. The van der Waals surface area contributed by atoms with Gasteiger partial charge in [-0.15, -0.1) is 0 Å². The van der Waals surface area contributed by atoms with Crippen molar-refractivity contribution in [2.24, 2.45) is 0 Å². The van der Waals surface area contributed by atoms with Crippen LogP contribution in [0.2, 0.25) is 0 Å². The summed E-state index contributed by atoms with van der Waals surface area (Å²) < 4.78 is 5.02. The molecule has 0 unspecified atom stereocenters. The fraction of sp³-hybridized carbons (Fsp3) is 0.500. The average molecular weight is 249 g/mol. The molecule has 1 aromatic rings. The van der Waals surface area contributed by atoms with Crippen LogP contribution >= 0.6 is 0 Å². The molecule has 0 saturated carbocycles. The number of hydrogen-bond acceptors (Lipinski definition) is 4. The van der Waals surface area contributed by atoms with Gasteiger partial charge in [-0.05, 0) is 37.5 Å². The van der Waals surface area contributed by atoms with E-state index in [2.05, 4.69) is 12.2 Å². The Morgan fingerprint density at radius 3 is 2.89 bits per heavy atom. The van der Waals surface area contributed by atoms with Crippen LogP contribution in [-0.2, 0) is 4.79 Å². The largest absolute Gasteiger partial charge is 0.427 e. The number of rotatable bonds is 3. The highest BCUT2D eigenvalue weighted by Gasteiger charge is 2.27. The Kier molecular flexibility index (Phi) is 3.99. The van der Waals surface area contributed by atoms with Crippen LogP contribution < -0.4 is 10.1 Å². The van der Waals surface area contributed by atoms with Crippen LogP contribution in [0.15, 0.2) is 24.3 Å². The van der Waals surface area contributed by atoms with Gasteiger partial charge in [-0.3, -0.25) is 4.79 Å². The van der Waals surface area contributed by atoms with Gasteiger partial charge in [-0.2, -0.15) is 0 Å². The number of aliphatic hydroxyl groups excluding tert-OH is 1. The van der Waals surface area contributed by atoms with Gasteiger partial charge in [0.2, 0.25) is 0 Å². The minimum atomic E-state index is -0.564. The normalized spacial score (nSPS) is 24.8. The summed E-state index contributed by atoms with van der Waals surface area (Å²) in [4.78, 5) is 10.9. The topological polar surface area (TPSA) is 58.6 Å². The fourth-order valence-corrected chi connectivity index (χ4v) is 2.37. The minimum Gasteiger partial charge on any atom is -0.427 e. The molecule has 0 aliphatic carbocycles. The van der Waals surface area contributed by atoms with Crippen LogP contribution in [0.5, 0.6) is 5.75 Å². The van der Waals surface area contributed by atoms with Crippen molar-refractivity contribution in [2.75, 3.05) is 0 Å². The van der Waals surface area contributed by atoms with E-state index in [9.17, 15) is 9.90 Å². The van der Waals surface area contributed by atoms with E-state index in [1.54, 1.807) is 18.2 Å². The van der Waals surface area contributed by atoms with Gasteiger partial charge in [0.05, 0.1) is 6.10 Å². The maximum absolute atomic E-state index is 10.9. The highest BCUT2D eigenvalue weighted by Crippen LogP contribution is 2.27. The summed E-state index contributed by atoms with van der Waals surface area (Å²) in [5, 5.41) is 13.6. The molecule has 1 aromatic carbocycles. The Morgan fingerprint density at radius 2 is 2.28 bits per heavy atom. The van der Waals surface area contributed by atoms with Crippen molar-refractivity contribution < 1.29 is 14.6 Å². The average Bonchev–Trinajstić information content (AvgIpc) is 2.74. The number of ether oxygens (including phenoxy) is 1. The zero-order valence-corrected chi connectivity index (χ0v) is 10.7. The second kappa shape index (κ2) is 5.50. The van der Waals surface area contributed by atoms with Crippen molar-refractivity contribution in [3.05, 3.63) is 29.8 Å². The predicted octanol–water partition coefficient (Wildman–Crippen LogP) is 1.79. The minimum absolute atomic E-state index is 0.0765. The van der Waals surface area contributed by atoms with E-state index in [1.165, 1.54) is 6.92 Å². The zero-order chi connectivity index (χ0) is 13.1. The Balaban J connectivity index is 2.10. The van der Waals surface area contributed by atoms with Gasteiger partial charge in [0.15, 0.2) is 0 Å². The van der Waals surface area contributed by atoms with Crippen LogP contribution in [0.3, 0.4) is 0 Å². The molecule has 1 aliphatic rings. The molecule has 0 amide bonds. The summed E-state index contributed by atoms with van der Waals surface area (Å²) in [6.07, 6.45) is 1.47. The molecular formula is C14H19NO3. The van der Waals surface area contributed by atoms with Gasteiger partial charge in [-0.1, -0.05) is 12.1 Å². The van der Waals surface area contributed by atoms with Crippen molar-refractivity contribution in [1.29, 1.82) is 0 Å². The lowest BCUT2D eigenvalue weighted by molar-refractivity contribution is -0.131. The molecule has 4 heteroatoms. The Hall–Kier alpha value is -1.39. The van der Waals surface area contributed by atoms with Crippen molar-refractivity contribution >= 4 is 5.97 Å². The van der Waals surface area contributed by atoms with Gasteiger partial charge >= 0.3 is 5.97 Å². The molecule has 1 aliphatic heterocycles. The number of nitrogens with one attached hydrogen (secondary N) is 1. The van der Waals surface area contributed by atoms with E-state index in [4.69, 9.17) is 4.74 Å². The number of benzene rings is 1. The van der Waals surface area contributed by atoms with E-state index in [0.29, 0.717) is 11.8 Å². The van der Waals surface area contributed by atoms with Crippen molar-refractivity contribution in [1.82, 2.24) is 5.32 Å². The first kappa shape index (κ1) is 13.1. The van der Waals surface area contributed by atoms with Crippen LogP contribution in [0.25, 0.3) is 0 Å². The number of carbonyl (C=O) groups is 1. The van der Waals surface area contributed by atoms with E-state index < -0.39 is 6.10 Å². The number of hydrogen-bond donors (Lipinski definition) is 2. The molecule has 98 valence electrons. The Labute approximate surface area is 107 Å². The maximum atomic E-state index is 10.9. The van der Waals surface area contributed by atoms with Gasteiger partial charge in [0.1, 0.15) is 5.75 Å². The van der Waals surface area contributed by atoms with Crippen LogP contribution in [0.1, 0.15) is 38.4 Å². The summed E-state index contributed by atoms with van der Waals surface area (Å²) >= 11 is 0. The molecule has 0 aromatic heterocycles. The number of aliphatic hydroxyl groups is 1. The lowest BCUT2D eigenvalue weighted by Gasteiger charge is -2.20. The Bertz CT molecular complexity index is 433. The van der Waals surface area contributed by atoms with Crippen LogP contribution in [0.4, 0.5) is 0 Å². The second-order valence-electron chi connectivity index (χ2n) is 4.86. The van der Waals surface area contributed by atoms with E-state index in [1.807, 2.05) is 6.07 Å². The summed E-state index contributed by atoms with van der Waals surface area (Å²) in [6, 6.07) is 7.59. The lowest BCUT2D eigenvalue weighted by atomic mass is 10.0. The molecular weight excluding hydrogens is 230 g/mol. The van der Waals surface area contributed by atoms with E-state index >= 15 is 0 Å². The number of carbonyl (C=O) groups excluding carboxylic acids is 1. The van der Waals surface area contributed by atoms with Crippen molar-refractivity contribution in [3.8, 4) is 5.75 Å². The summed E-state index contributed by atoms with van der Waals surface area (Å²) in [5.74, 6) is 0.124. The number of esters is 1. The standard InChI is InChI=1S/C14H19NO3/c1-9-6-7-13(15-9)14(17)11-4-3-5-12(8-11)18-10(2)16/h3-5,8-9,13-15,17H,6-7H2,1-2H3/t9-,13-,14-/m1/s1. The zero-order valence-electron chi connectivity index (χ0n) is 10.7. The van der Waals surface area contributed by atoms with Crippen molar-refractivity contribution in [3.63, 3.8) is 0 Å². The van der Waals surface area contributed by atoms with Crippen molar-refractivity contribution in [2.45, 2.75) is 44.9 Å². The molecule has 1 saturated heterocycles. The lowest BCUT2D eigenvalue weighted by Crippen LogP contribution is -2.32. The van der Waals surface area contributed by atoms with Crippen LogP contribution in [-0.4, -0.2) is 23.2 Å². The third kappa shape index (κ3) is 3.09. The fourth-order valence-electron chi connectivity index (χ4n) is 2.37. The van der Waals surface area contributed by atoms with Crippen LogP contribution in [0, 0.1) is 0 Å². The SMILES string of the molecule is CC(=O)Oc1cccc([C@@H](O)[C@H]2CC[C@@H](C)N2)c1. The molecule has 4 nitrogen and oxygen atoms in total. The van der Waals surface area contributed by atoms with E-state index in [0.717, 1.165) is 18.4 Å². The third-order valence-corrected chi connectivity index (χ3v) is 3.25. The summed E-state index contributed by atoms with van der Waals surface area (Å²) in [5.41, 5.74) is 0.778. The smallest absolute Gasteiger partial charge is 0.308 e. The van der Waals surface area contributed by atoms with Gasteiger partial charge in [0.25, 0.3) is 0 Å². The van der Waals surface area contributed by atoms with Gasteiger partial charge in [0, 0.05) is 19.0 Å². The summed E-state index contributed by atoms with van der Waals surface area (Å²) in [6.45, 7) is 3.48. The Morgan fingerprint density at radius 1 is 1.50 bits per heavy atom.